The second kappa shape index (κ2) is 9.49. The molecule has 1 heterocycles. The molecule has 3 aromatic rings. The van der Waals surface area contributed by atoms with Gasteiger partial charge in [-0.15, -0.1) is 5.10 Å². The number of Topliss-reactive ketones (excluding diaryl/α,β-unsaturated/α-hetero) is 1. The highest BCUT2D eigenvalue weighted by atomic mass is 79.9. The number of hydrogen-bond acceptors (Lipinski definition) is 6. The van der Waals surface area contributed by atoms with E-state index in [1.165, 1.54) is 0 Å². The van der Waals surface area contributed by atoms with Gasteiger partial charge in [-0.05, 0) is 45.8 Å². The van der Waals surface area contributed by atoms with Crippen LogP contribution in [-0.4, -0.2) is 34.6 Å². The van der Waals surface area contributed by atoms with Crippen LogP contribution in [0.15, 0.2) is 50.1 Å². The van der Waals surface area contributed by atoms with Crippen molar-refractivity contribution >= 4 is 53.6 Å². The number of hydrogen-bond donors (Lipinski definition) is 0. The second-order valence-electron chi connectivity index (χ2n) is 6.26. The highest BCUT2D eigenvalue weighted by Crippen LogP contribution is 2.42. The van der Waals surface area contributed by atoms with Crippen molar-refractivity contribution in [2.24, 2.45) is 0 Å². The van der Waals surface area contributed by atoms with E-state index >= 15 is 0 Å². The highest BCUT2D eigenvalue weighted by Gasteiger charge is 2.28. The maximum Gasteiger partial charge on any atom is 0.441 e. The average molecular weight is 605 g/mol. The number of aryl methyl sites for hydroxylation is 1. The molecule has 0 radical (unpaired) electrons. The molecular weight excluding hydrogens is 588 g/mol. The van der Waals surface area contributed by atoms with Crippen LogP contribution in [0.5, 0.6) is 11.5 Å². The van der Waals surface area contributed by atoms with Gasteiger partial charge in [0.15, 0.2) is 17.3 Å². The fraction of sp³-hybridized carbons (Fsp3) is 0.250. The lowest BCUT2D eigenvalue weighted by atomic mass is 10.0. The molecule has 0 saturated heterocycles. The maximum atomic E-state index is 13.1. The van der Waals surface area contributed by atoms with Gasteiger partial charge >= 0.3 is 5.76 Å². The SMILES string of the molecule is COc1cc(C(Br)C(Br)C(=O)c2cccc(-n3nc(C)oc3=O)c2)cc(Br)c1OC. The van der Waals surface area contributed by atoms with E-state index < -0.39 is 10.6 Å². The van der Waals surface area contributed by atoms with Gasteiger partial charge in [0.1, 0.15) is 0 Å². The Bertz CT molecular complexity index is 1140. The second-order valence-corrected chi connectivity index (χ2v) is 9.08. The number of aromatic nitrogens is 2. The Hall–Kier alpha value is -1.91. The van der Waals surface area contributed by atoms with Gasteiger partial charge < -0.3 is 13.9 Å². The summed E-state index contributed by atoms with van der Waals surface area (Å²) < 4.78 is 17.5. The molecule has 10 heteroatoms. The third-order valence-electron chi connectivity index (χ3n) is 4.31. The Labute approximate surface area is 197 Å². The molecule has 0 N–H and O–H groups in total. The zero-order valence-corrected chi connectivity index (χ0v) is 20.9. The molecule has 0 aliphatic rings. The number of methoxy groups -OCH3 is 2. The summed E-state index contributed by atoms with van der Waals surface area (Å²) in [5.41, 5.74) is 1.68. The van der Waals surface area contributed by atoms with E-state index in [1.807, 2.05) is 6.07 Å². The van der Waals surface area contributed by atoms with Gasteiger partial charge in [0.25, 0.3) is 0 Å². The molecule has 7 nitrogen and oxygen atoms in total. The summed E-state index contributed by atoms with van der Waals surface area (Å²) in [5, 5.41) is 4.03. The zero-order valence-electron chi connectivity index (χ0n) is 16.2. The maximum absolute atomic E-state index is 13.1. The highest BCUT2D eigenvalue weighted by molar-refractivity contribution is 9.12. The van der Waals surface area contributed by atoms with Crippen molar-refractivity contribution in [1.82, 2.24) is 9.78 Å². The van der Waals surface area contributed by atoms with E-state index in [-0.39, 0.29) is 16.5 Å². The first-order chi connectivity index (χ1) is 14.3. The van der Waals surface area contributed by atoms with Crippen LogP contribution >= 0.6 is 47.8 Å². The van der Waals surface area contributed by atoms with Crippen LogP contribution in [0.2, 0.25) is 0 Å². The molecule has 158 valence electrons. The van der Waals surface area contributed by atoms with Crippen LogP contribution in [0.4, 0.5) is 0 Å². The lowest BCUT2D eigenvalue weighted by Gasteiger charge is -2.19. The Morgan fingerprint density at radius 2 is 1.90 bits per heavy atom. The minimum Gasteiger partial charge on any atom is -0.493 e. The van der Waals surface area contributed by atoms with E-state index in [0.29, 0.717) is 27.2 Å². The van der Waals surface area contributed by atoms with Crippen LogP contribution < -0.4 is 15.2 Å². The minimum absolute atomic E-state index is 0.169. The van der Waals surface area contributed by atoms with Gasteiger partial charge in [0.2, 0.25) is 5.89 Å². The predicted octanol–water partition coefficient (Wildman–Crippen LogP) is 5.00. The van der Waals surface area contributed by atoms with E-state index in [0.717, 1.165) is 10.2 Å². The number of alkyl halides is 2. The predicted molar refractivity (Wildman–Crippen MR) is 123 cm³/mol. The summed E-state index contributed by atoms with van der Waals surface area (Å²) in [6.45, 7) is 1.58. The Kier molecular flexibility index (Phi) is 7.20. The molecule has 0 aliphatic heterocycles. The van der Waals surface area contributed by atoms with E-state index in [9.17, 15) is 9.59 Å². The standard InChI is InChI=1S/C20H17Br3N2O5/c1-10-24-25(20(27)30-10)13-6-4-5-11(7-13)18(26)17(23)16(22)12-8-14(21)19(29-3)15(9-12)28-2/h4-9,16-17H,1-3H3. The number of carbonyl (C=O) groups excluding carboxylic acids is 1. The number of carbonyl (C=O) groups is 1. The average Bonchev–Trinajstić information content (AvgIpc) is 3.09. The molecule has 3 rings (SSSR count). The smallest absolute Gasteiger partial charge is 0.441 e. The van der Waals surface area contributed by atoms with Crippen molar-refractivity contribution < 1.29 is 18.7 Å². The van der Waals surface area contributed by atoms with E-state index in [2.05, 4.69) is 52.9 Å². The topological polar surface area (TPSA) is 83.6 Å². The molecule has 1 aromatic heterocycles. The molecule has 2 aromatic carbocycles. The van der Waals surface area contributed by atoms with Crippen molar-refractivity contribution in [3.05, 3.63) is 68.4 Å². The summed E-state index contributed by atoms with van der Waals surface area (Å²) in [5.74, 6) is 0.578. The largest absolute Gasteiger partial charge is 0.493 e. The molecule has 2 atom stereocenters. The third-order valence-corrected chi connectivity index (χ3v) is 7.61. The molecule has 0 bridgehead atoms. The molecule has 0 aliphatic carbocycles. The number of nitrogens with zero attached hydrogens (tertiary/aromatic N) is 2. The zero-order chi connectivity index (χ0) is 22.0. The number of benzene rings is 2. The van der Waals surface area contributed by atoms with Crippen LogP contribution in [-0.2, 0) is 0 Å². The van der Waals surface area contributed by atoms with Gasteiger partial charge in [-0.1, -0.05) is 44.0 Å². The van der Waals surface area contributed by atoms with Crippen LogP contribution in [0.1, 0.15) is 26.6 Å². The molecule has 30 heavy (non-hydrogen) atoms. The molecular formula is C20H17Br3N2O5. The van der Waals surface area contributed by atoms with Gasteiger partial charge in [-0.25, -0.2) is 4.79 Å². The fourth-order valence-electron chi connectivity index (χ4n) is 2.88. The van der Waals surface area contributed by atoms with E-state index in [4.69, 9.17) is 13.9 Å². The first-order valence-corrected chi connectivity index (χ1v) is 11.3. The summed E-state index contributed by atoms with van der Waals surface area (Å²) in [4.78, 5) is 24.1. The normalized spacial score (nSPS) is 13.0. The van der Waals surface area contributed by atoms with Crippen molar-refractivity contribution in [3.63, 3.8) is 0 Å². The number of ketones is 1. The van der Waals surface area contributed by atoms with Gasteiger partial charge in [0.05, 0.1) is 34.0 Å². The Morgan fingerprint density at radius 1 is 1.17 bits per heavy atom. The van der Waals surface area contributed by atoms with Gasteiger partial charge in [-0.3, -0.25) is 4.79 Å². The quantitative estimate of drug-likeness (QED) is 0.279. The van der Waals surface area contributed by atoms with Crippen molar-refractivity contribution in [3.8, 4) is 17.2 Å². The summed E-state index contributed by atoms with van der Waals surface area (Å²) >= 11 is 10.6. The van der Waals surface area contributed by atoms with E-state index in [1.54, 1.807) is 51.5 Å². The van der Waals surface area contributed by atoms with Gasteiger partial charge in [0, 0.05) is 12.5 Å². The van der Waals surface area contributed by atoms with Crippen molar-refractivity contribution in [2.75, 3.05) is 14.2 Å². The first-order valence-electron chi connectivity index (χ1n) is 8.67. The lowest BCUT2D eigenvalue weighted by Crippen LogP contribution is -2.20. The summed E-state index contributed by atoms with van der Waals surface area (Å²) in [7, 11) is 3.10. The van der Waals surface area contributed by atoms with Crippen molar-refractivity contribution in [1.29, 1.82) is 0 Å². The minimum atomic E-state index is -0.610. The molecule has 0 saturated carbocycles. The molecule has 0 fully saturated rings. The number of halogens is 3. The lowest BCUT2D eigenvalue weighted by molar-refractivity contribution is 0.0991. The summed E-state index contributed by atoms with van der Waals surface area (Å²) in [6, 6.07) is 10.3. The number of rotatable bonds is 7. The molecule has 2 unspecified atom stereocenters. The first kappa shape index (κ1) is 22.8. The summed E-state index contributed by atoms with van der Waals surface area (Å²) in [6.07, 6.45) is 0. The Morgan fingerprint density at radius 3 is 2.50 bits per heavy atom. The van der Waals surface area contributed by atoms with Gasteiger partial charge in [-0.2, -0.15) is 4.68 Å². The Balaban J connectivity index is 1.91. The van der Waals surface area contributed by atoms with Crippen molar-refractivity contribution in [2.45, 2.75) is 16.6 Å². The molecule has 0 spiro atoms. The third kappa shape index (κ3) is 4.55. The molecule has 0 amide bonds. The van der Waals surface area contributed by atoms with Crippen LogP contribution in [0.3, 0.4) is 0 Å². The number of ether oxygens (including phenoxy) is 2. The fourth-order valence-corrected chi connectivity index (χ4v) is 4.58. The van der Waals surface area contributed by atoms with Crippen LogP contribution in [0.25, 0.3) is 5.69 Å². The van der Waals surface area contributed by atoms with Crippen LogP contribution in [0, 0.1) is 6.92 Å². The monoisotopic (exact) mass is 602 g/mol.